The Hall–Kier alpha value is -2.39. The number of imide groups is 1. The molecule has 1 fully saturated rings. The van der Waals surface area contributed by atoms with Gasteiger partial charge in [-0.3, -0.25) is 10.1 Å². The van der Waals surface area contributed by atoms with Crippen molar-refractivity contribution in [2.24, 2.45) is 5.41 Å². The second kappa shape index (κ2) is 11.0. The molecule has 8 nitrogen and oxygen atoms in total. The van der Waals surface area contributed by atoms with Crippen LogP contribution in [-0.2, 0) is 20.4 Å². The zero-order valence-corrected chi connectivity index (χ0v) is 20.2. The van der Waals surface area contributed by atoms with Gasteiger partial charge in [-0.05, 0) is 49.3 Å². The molecule has 2 N–H and O–H groups in total. The Balaban J connectivity index is 1.90. The molecule has 0 heterocycles. The van der Waals surface area contributed by atoms with Gasteiger partial charge in [-0.15, -0.1) is 0 Å². The van der Waals surface area contributed by atoms with Gasteiger partial charge in [0.2, 0.25) is 16.4 Å². The molecule has 0 atom stereocenters. The summed E-state index contributed by atoms with van der Waals surface area (Å²) in [5.41, 5.74) is 0.396. The van der Waals surface area contributed by atoms with Crippen molar-refractivity contribution in [1.29, 1.82) is 0 Å². The van der Waals surface area contributed by atoms with Crippen LogP contribution < -0.4 is 14.8 Å². The third-order valence-corrected chi connectivity index (χ3v) is 6.53. The maximum atomic E-state index is 12.7. The van der Waals surface area contributed by atoms with Crippen molar-refractivity contribution in [3.63, 3.8) is 0 Å². The summed E-state index contributed by atoms with van der Waals surface area (Å²) in [5.74, 6) is 0.697. The monoisotopic (exact) mass is 465 g/mol. The fourth-order valence-corrected chi connectivity index (χ4v) is 4.61. The SMILES string of the molecule is CCN(C/C=C/CCS(=O)(=O)NC1(c2cccc(OCC(C)(C)C)c2)CC1)C(=O)NC=O. The number of benzene rings is 1. The first-order valence-electron chi connectivity index (χ1n) is 10.9. The van der Waals surface area contributed by atoms with Gasteiger partial charge in [0.15, 0.2) is 0 Å². The molecule has 9 heteroatoms. The van der Waals surface area contributed by atoms with Gasteiger partial charge < -0.3 is 9.64 Å². The summed E-state index contributed by atoms with van der Waals surface area (Å²) in [4.78, 5) is 23.5. The van der Waals surface area contributed by atoms with Gasteiger partial charge in [0, 0.05) is 13.1 Å². The quantitative estimate of drug-likeness (QED) is 0.364. The number of carbonyl (C=O) groups excluding carboxylic acids is 2. The second-order valence-electron chi connectivity index (χ2n) is 9.25. The van der Waals surface area contributed by atoms with Gasteiger partial charge in [0.1, 0.15) is 5.75 Å². The van der Waals surface area contributed by atoms with E-state index >= 15 is 0 Å². The van der Waals surface area contributed by atoms with Crippen LogP contribution in [0.5, 0.6) is 5.75 Å². The van der Waals surface area contributed by atoms with Crippen LogP contribution in [0.25, 0.3) is 0 Å². The second-order valence-corrected chi connectivity index (χ2v) is 11.1. The highest BCUT2D eigenvalue weighted by Crippen LogP contribution is 2.47. The molecular formula is C23H35N3O5S. The predicted molar refractivity (Wildman–Crippen MR) is 125 cm³/mol. The van der Waals surface area contributed by atoms with Crippen LogP contribution in [0.4, 0.5) is 4.79 Å². The van der Waals surface area contributed by atoms with Crippen molar-refractivity contribution < 1.29 is 22.7 Å². The van der Waals surface area contributed by atoms with E-state index in [2.05, 4.69) is 30.8 Å². The molecular weight excluding hydrogens is 430 g/mol. The van der Waals surface area contributed by atoms with E-state index in [1.807, 2.05) is 24.3 Å². The third kappa shape index (κ3) is 8.27. The number of urea groups is 1. The van der Waals surface area contributed by atoms with E-state index in [-0.39, 0.29) is 11.2 Å². The number of allylic oxidation sites excluding steroid dienone is 1. The number of sulfonamides is 1. The lowest BCUT2D eigenvalue weighted by Crippen LogP contribution is -2.39. The number of amides is 3. The van der Waals surface area contributed by atoms with Crippen LogP contribution in [0, 0.1) is 5.41 Å². The molecule has 1 aliphatic rings. The lowest BCUT2D eigenvalue weighted by molar-refractivity contribution is -0.108. The Labute approximate surface area is 191 Å². The third-order valence-electron chi connectivity index (χ3n) is 5.06. The zero-order chi connectivity index (χ0) is 23.8. The highest BCUT2D eigenvalue weighted by atomic mass is 32.2. The molecule has 1 saturated carbocycles. The Morgan fingerprint density at radius 3 is 2.56 bits per heavy atom. The number of ether oxygens (including phenoxy) is 1. The maximum absolute atomic E-state index is 12.7. The molecule has 0 bridgehead atoms. The molecule has 0 radical (unpaired) electrons. The van der Waals surface area contributed by atoms with Gasteiger partial charge in [0.05, 0.1) is 17.9 Å². The van der Waals surface area contributed by atoms with Crippen LogP contribution in [-0.4, -0.2) is 51.2 Å². The van der Waals surface area contributed by atoms with E-state index in [1.165, 1.54) is 4.90 Å². The van der Waals surface area contributed by atoms with Crippen molar-refractivity contribution in [3.05, 3.63) is 42.0 Å². The fourth-order valence-electron chi connectivity index (χ4n) is 3.15. The lowest BCUT2D eigenvalue weighted by atomic mass is 9.98. The van der Waals surface area contributed by atoms with Gasteiger partial charge in [0.25, 0.3) is 0 Å². The minimum absolute atomic E-state index is 0.0365. The number of hydrogen-bond donors (Lipinski definition) is 2. The Bertz CT molecular complexity index is 918. The molecule has 32 heavy (non-hydrogen) atoms. The number of nitrogens with zero attached hydrogens (tertiary/aromatic N) is 1. The molecule has 2 rings (SSSR count). The summed E-state index contributed by atoms with van der Waals surface area (Å²) in [6.07, 6.45) is 5.63. The molecule has 1 aliphatic carbocycles. The van der Waals surface area contributed by atoms with E-state index in [0.29, 0.717) is 32.5 Å². The normalized spacial score (nSPS) is 15.4. The van der Waals surface area contributed by atoms with E-state index in [4.69, 9.17) is 4.74 Å². The van der Waals surface area contributed by atoms with Crippen LogP contribution >= 0.6 is 0 Å². The Morgan fingerprint density at radius 2 is 1.97 bits per heavy atom. The van der Waals surface area contributed by atoms with Crippen LogP contribution in [0.2, 0.25) is 0 Å². The molecule has 0 aromatic heterocycles. The van der Waals surface area contributed by atoms with E-state index in [1.54, 1.807) is 19.1 Å². The highest BCUT2D eigenvalue weighted by Gasteiger charge is 2.47. The average molecular weight is 466 g/mol. The van der Waals surface area contributed by atoms with E-state index < -0.39 is 21.6 Å². The summed E-state index contributed by atoms with van der Waals surface area (Å²) in [6, 6.07) is 7.16. The molecule has 1 aromatic rings. The summed E-state index contributed by atoms with van der Waals surface area (Å²) >= 11 is 0. The largest absolute Gasteiger partial charge is 0.493 e. The fraction of sp³-hybridized carbons (Fsp3) is 0.565. The van der Waals surface area contributed by atoms with Gasteiger partial charge in [-0.1, -0.05) is 45.1 Å². The minimum atomic E-state index is -3.49. The summed E-state index contributed by atoms with van der Waals surface area (Å²) in [7, 11) is -3.49. The molecule has 0 saturated heterocycles. The summed E-state index contributed by atoms with van der Waals surface area (Å²) < 4.78 is 34.1. The number of carbonyl (C=O) groups is 2. The van der Waals surface area contributed by atoms with E-state index in [9.17, 15) is 18.0 Å². The number of nitrogens with one attached hydrogen (secondary N) is 2. The van der Waals surface area contributed by atoms with Crippen LogP contribution in [0.1, 0.15) is 52.5 Å². The highest BCUT2D eigenvalue weighted by molar-refractivity contribution is 7.89. The van der Waals surface area contributed by atoms with Crippen molar-refractivity contribution in [3.8, 4) is 5.75 Å². The standard InChI is InChI=1S/C23H35N3O5S/c1-5-26(21(28)24-18-27)14-7-6-8-15-32(29,30)25-23(12-13-23)19-10-9-11-20(16-19)31-17-22(2,3)4/h6-7,9-11,16,18,25H,5,8,12-15,17H2,1-4H3,(H,24,27,28)/b7-6+. The zero-order valence-electron chi connectivity index (χ0n) is 19.4. The first kappa shape index (κ1) is 25.9. The average Bonchev–Trinajstić information content (AvgIpc) is 3.49. The van der Waals surface area contributed by atoms with Crippen molar-refractivity contribution in [2.75, 3.05) is 25.4 Å². The van der Waals surface area contributed by atoms with Crippen LogP contribution in [0.3, 0.4) is 0 Å². The molecule has 0 spiro atoms. The van der Waals surface area contributed by atoms with Crippen molar-refractivity contribution >= 4 is 22.5 Å². The topological polar surface area (TPSA) is 105 Å². The first-order chi connectivity index (χ1) is 15.0. The summed E-state index contributed by atoms with van der Waals surface area (Å²) in [6.45, 7) is 9.41. The number of rotatable bonds is 12. The van der Waals surface area contributed by atoms with Crippen molar-refractivity contribution in [2.45, 2.75) is 52.5 Å². The van der Waals surface area contributed by atoms with Gasteiger partial charge in [-0.2, -0.15) is 0 Å². The number of likely N-dealkylation sites (N-methyl/N-ethyl adjacent to an activating group) is 1. The first-order valence-corrected chi connectivity index (χ1v) is 12.5. The van der Waals surface area contributed by atoms with Gasteiger partial charge in [-0.25, -0.2) is 17.9 Å². The molecule has 0 aliphatic heterocycles. The molecule has 178 valence electrons. The maximum Gasteiger partial charge on any atom is 0.324 e. The smallest absolute Gasteiger partial charge is 0.324 e. The minimum Gasteiger partial charge on any atom is -0.493 e. The van der Waals surface area contributed by atoms with Crippen molar-refractivity contribution in [1.82, 2.24) is 14.9 Å². The lowest BCUT2D eigenvalue weighted by Gasteiger charge is -2.21. The molecule has 1 aromatic carbocycles. The van der Waals surface area contributed by atoms with Crippen LogP contribution in [0.15, 0.2) is 36.4 Å². The molecule has 3 amide bonds. The van der Waals surface area contributed by atoms with Gasteiger partial charge >= 0.3 is 6.03 Å². The molecule has 0 unspecified atom stereocenters. The number of hydrogen-bond acceptors (Lipinski definition) is 5. The Morgan fingerprint density at radius 1 is 1.25 bits per heavy atom. The van der Waals surface area contributed by atoms with E-state index in [0.717, 1.165) is 24.2 Å². The Kier molecular flexibility index (Phi) is 8.86. The summed E-state index contributed by atoms with van der Waals surface area (Å²) in [5, 5.41) is 2.09. The predicted octanol–water partition coefficient (Wildman–Crippen LogP) is 3.15.